The number of ether oxygens (including phenoxy) is 2. The van der Waals surface area contributed by atoms with E-state index in [-0.39, 0.29) is 24.3 Å². The number of anilines is 1. The van der Waals surface area contributed by atoms with E-state index in [1.54, 1.807) is 25.3 Å². The third-order valence-electron chi connectivity index (χ3n) is 4.73. The molecule has 0 N–H and O–H groups in total. The van der Waals surface area contributed by atoms with Crippen LogP contribution in [-0.2, 0) is 9.59 Å². The Labute approximate surface area is 141 Å². The predicted molar refractivity (Wildman–Crippen MR) is 89.5 cm³/mol. The molecular formula is C17H23N3O4. The number of carbonyl (C=O) groups is 2. The molecule has 1 aromatic carbocycles. The van der Waals surface area contributed by atoms with Crippen LogP contribution in [0.3, 0.4) is 0 Å². The maximum atomic E-state index is 12.8. The topological polar surface area (TPSA) is 62.3 Å². The lowest BCUT2D eigenvalue weighted by atomic mass is 10.2. The molecule has 24 heavy (non-hydrogen) atoms. The van der Waals surface area contributed by atoms with Crippen molar-refractivity contribution in [2.24, 2.45) is 0 Å². The summed E-state index contributed by atoms with van der Waals surface area (Å²) in [7, 11) is 5.14. The zero-order chi connectivity index (χ0) is 17.3. The molecule has 0 unspecified atom stereocenters. The van der Waals surface area contributed by atoms with Crippen LogP contribution < -0.4 is 14.4 Å². The van der Waals surface area contributed by atoms with Gasteiger partial charge < -0.3 is 14.4 Å². The van der Waals surface area contributed by atoms with Crippen LogP contribution in [0.1, 0.15) is 6.42 Å². The number of nitrogens with zero attached hydrogens (tertiary/aromatic N) is 3. The maximum absolute atomic E-state index is 12.8. The summed E-state index contributed by atoms with van der Waals surface area (Å²) < 4.78 is 10.5. The highest BCUT2D eigenvalue weighted by atomic mass is 16.5. The van der Waals surface area contributed by atoms with Gasteiger partial charge in [-0.2, -0.15) is 0 Å². The van der Waals surface area contributed by atoms with Crippen molar-refractivity contribution in [2.75, 3.05) is 52.3 Å². The standard InChI is InChI=1S/C17H23N3O4/c1-18-6-8-19(9-7-18)13-11-16(21)20(17(13)22)12-4-5-14(23-2)15(10-12)24-3/h4-5,10,13H,6-9,11H2,1-3H3/t13-/m0/s1. The Morgan fingerprint density at radius 3 is 2.29 bits per heavy atom. The normalized spacial score (nSPS) is 23.0. The van der Waals surface area contributed by atoms with Crippen LogP contribution in [0, 0.1) is 0 Å². The van der Waals surface area contributed by atoms with Gasteiger partial charge in [-0.1, -0.05) is 0 Å². The molecule has 2 fully saturated rings. The lowest BCUT2D eigenvalue weighted by Crippen LogP contribution is -2.51. The lowest BCUT2D eigenvalue weighted by Gasteiger charge is -2.35. The molecule has 7 heteroatoms. The summed E-state index contributed by atoms with van der Waals surface area (Å²) in [6.07, 6.45) is 0.233. The highest BCUT2D eigenvalue weighted by Gasteiger charge is 2.43. The van der Waals surface area contributed by atoms with Crippen molar-refractivity contribution in [3.8, 4) is 11.5 Å². The number of amides is 2. The molecule has 1 atom stereocenters. The Morgan fingerprint density at radius 2 is 1.67 bits per heavy atom. The van der Waals surface area contributed by atoms with Gasteiger partial charge in [0.1, 0.15) is 0 Å². The van der Waals surface area contributed by atoms with E-state index in [2.05, 4.69) is 16.8 Å². The van der Waals surface area contributed by atoms with Crippen molar-refractivity contribution in [1.82, 2.24) is 9.80 Å². The van der Waals surface area contributed by atoms with Crippen LogP contribution in [-0.4, -0.2) is 75.1 Å². The van der Waals surface area contributed by atoms with Gasteiger partial charge in [0.2, 0.25) is 5.91 Å². The van der Waals surface area contributed by atoms with Crippen LogP contribution in [0.2, 0.25) is 0 Å². The van der Waals surface area contributed by atoms with E-state index in [1.807, 2.05) is 0 Å². The molecule has 0 spiro atoms. The molecule has 3 rings (SSSR count). The number of likely N-dealkylation sites (N-methyl/N-ethyl adjacent to an activating group) is 1. The summed E-state index contributed by atoms with van der Waals surface area (Å²) in [6, 6.07) is 4.72. The average molecular weight is 333 g/mol. The zero-order valence-electron chi connectivity index (χ0n) is 14.3. The third-order valence-corrected chi connectivity index (χ3v) is 4.73. The molecule has 2 heterocycles. The maximum Gasteiger partial charge on any atom is 0.251 e. The molecule has 0 aromatic heterocycles. The van der Waals surface area contributed by atoms with Crippen LogP contribution in [0.4, 0.5) is 5.69 Å². The van der Waals surface area contributed by atoms with Gasteiger partial charge in [-0.3, -0.25) is 14.5 Å². The number of hydrogen-bond acceptors (Lipinski definition) is 6. The van der Waals surface area contributed by atoms with E-state index >= 15 is 0 Å². The monoisotopic (exact) mass is 333 g/mol. The molecule has 7 nitrogen and oxygen atoms in total. The van der Waals surface area contributed by atoms with Crippen molar-refractivity contribution in [3.63, 3.8) is 0 Å². The smallest absolute Gasteiger partial charge is 0.251 e. The molecule has 2 aliphatic heterocycles. The third kappa shape index (κ3) is 2.97. The average Bonchev–Trinajstić information content (AvgIpc) is 2.89. The molecule has 0 radical (unpaired) electrons. The summed E-state index contributed by atoms with van der Waals surface area (Å²) in [4.78, 5) is 30.9. The molecule has 0 saturated carbocycles. The fourth-order valence-electron chi connectivity index (χ4n) is 3.27. The van der Waals surface area contributed by atoms with Gasteiger partial charge in [0.05, 0.1) is 32.4 Å². The second-order valence-electron chi connectivity index (χ2n) is 6.17. The van der Waals surface area contributed by atoms with Gasteiger partial charge in [0.15, 0.2) is 11.5 Å². The fourth-order valence-corrected chi connectivity index (χ4v) is 3.27. The molecule has 2 saturated heterocycles. The van der Waals surface area contributed by atoms with Crippen LogP contribution in [0.5, 0.6) is 11.5 Å². The number of carbonyl (C=O) groups excluding carboxylic acids is 2. The van der Waals surface area contributed by atoms with Gasteiger partial charge in [-0.05, 0) is 19.2 Å². The molecule has 2 aliphatic rings. The van der Waals surface area contributed by atoms with Gasteiger partial charge in [-0.25, -0.2) is 4.90 Å². The van der Waals surface area contributed by atoms with Crippen LogP contribution in [0.15, 0.2) is 18.2 Å². The second-order valence-corrected chi connectivity index (χ2v) is 6.17. The zero-order valence-corrected chi connectivity index (χ0v) is 14.3. The predicted octanol–water partition coefficient (Wildman–Crippen LogP) is 0.583. The lowest BCUT2D eigenvalue weighted by molar-refractivity contribution is -0.123. The number of imide groups is 1. The summed E-state index contributed by atoms with van der Waals surface area (Å²) in [5, 5.41) is 0. The van der Waals surface area contributed by atoms with Crippen molar-refractivity contribution < 1.29 is 19.1 Å². The van der Waals surface area contributed by atoms with Crippen LogP contribution in [0.25, 0.3) is 0 Å². The molecule has 1 aromatic rings. The van der Waals surface area contributed by atoms with E-state index in [1.165, 1.54) is 12.0 Å². The highest BCUT2D eigenvalue weighted by molar-refractivity contribution is 6.22. The Morgan fingerprint density at radius 1 is 1.00 bits per heavy atom. The minimum Gasteiger partial charge on any atom is -0.493 e. The fraction of sp³-hybridized carbons (Fsp3) is 0.529. The van der Waals surface area contributed by atoms with Crippen molar-refractivity contribution in [3.05, 3.63) is 18.2 Å². The van der Waals surface area contributed by atoms with E-state index in [9.17, 15) is 9.59 Å². The molecular weight excluding hydrogens is 310 g/mol. The molecule has 130 valence electrons. The van der Waals surface area contributed by atoms with E-state index in [0.717, 1.165) is 26.2 Å². The van der Waals surface area contributed by atoms with Gasteiger partial charge in [-0.15, -0.1) is 0 Å². The first kappa shape index (κ1) is 16.7. The number of benzene rings is 1. The number of rotatable bonds is 4. The summed E-state index contributed by atoms with van der Waals surface area (Å²) >= 11 is 0. The minimum atomic E-state index is -0.362. The summed E-state index contributed by atoms with van der Waals surface area (Å²) in [5.74, 6) is 0.738. The van der Waals surface area contributed by atoms with Crippen LogP contribution >= 0.6 is 0 Å². The van der Waals surface area contributed by atoms with E-state index in [4.69, 9.17) is 9.47 Å². The largest absolute Gasteiger partial charge is 0.493 e. The minimum absolute atomic E-state index is 0.156. The van der Waals surface area contributed by atoms with Crippen molar-refractivity contribution in [2.45, 2.75) is 12.5 Å². The number of hydrogen-bond donors (Lipinski definition) is 0. The Hall–Kier alpha value is -2.12. The molecule has 2 amide bonds. The van der Waals surface area contributed by atoms with Gasteiger partial charge in [0.25, 0.3) is 5.91 Å². The summed E-state index contributed by atoms with van der Waals surface area (Å²) in [6.45, 7) is 3.43. The Bertz CT molecular complexity index is 641. The number of methoxy groups -OCH3 is 2. The Kier molecular flexibility index (Phi) is 4.73. The van der Waals surface area contributed by atoms with Gasteiger partial charge in [0, 0.05) is 32.2 Å². The quantitative estimate of drug-likeness (QED) is 0.752. The van der Waals surface area contributed by atoms with Crippen molar-refractivity contribution >= 4 is 17.5 Å². The highest BCUT2D eigenvalue weighted by Crippen LogP contribution is 2.34. The SMILES string of the molecule is COc1ccc(N2C(=O)C[C@H](N3CCN(C)CC3)C2=O)cc1OC. The molecule has 0 bridgehead atoms. The summed E-state index contributed by atoms with van der Waals surface area (Å²) in [5.41, 5.74) is 0.527. The first-order chi connectivity index (χ1) is 11.5. The second kappa shape index (κ2) is 6.78. The number of piperazine rings is 1. The van der Waals surface area contributed by atoms with E-state index in [0.29, 0.717) is 17.2 Å². The first-order valence-electron chi connectivity index (χ1n) is 8.06. The molecule has 0 aliphatic carbocycles. The van der Waals surface area contributed by atoms with Crippen molar-refractivity contribution in [1.29, 1.82) is 0 Å². The first-order valence-corrected chi connectivity index (χ1v) is 8.06. The van der Waals surface area contributed by atoms with E-state index < -0.39 is 0 Å². The Balaban J connectivity index is 1.82. The van der Waals surface area contributed by atoms with Gasteiger partial charge >= 0.3 is 0 Å².